The van der Waals surface area contributed by atoms with Crippen LogP contribution in [0.5, 0.6) is 0 Å². The Morgan fingerprint density at radius 1 is 1.29 bits per heavy atom. The van der Waals surface area contributed by atoms with Gasteiger partial charge in [-0.15, -0.1) is 0 Å². The predicted molar refractivity (Wildman–Crippen MR) is 72.0 cm³/mol. The number of carboxylic acid groups (broad SMARTS) is 1. The van der Waals surface area contributed by atoms with Gasteiger partial charge in [-0.1, -0.05) is 6.07 Å². The summed E-state index contributed by atoms with van der Waals surface area (Å²) in [4.78, 5) is 24.2. The van der Waals surface area contributed by atoms with Crippen LogP contribution in [0.3, 0.4) is 0 Å². The highest BCUT2D eigenvalue weighted by molar-refractivity contribution is 5.90. The van der Waals surface area contributed by atoms with Crippen molar-refractivity contribution in [2.75, 3.05) is 18.4 Å². The van der Waals surface area contributed by atoms with Gasteiger partial charge in [0.1, 0.15) is 11.5 Å². The summed E-state index contributed by atoms with van der Waals surface area (Å²) in [5, 5.41) is 11.1. The molecular weight excluding hydrogens is 282 g/mol. The third-order valence-electron chi connectivity index (χ3n) is 3.65. The Labute approximate surface area is 120 Å². The van der Waals surface area contributed by atoms with Crippen LogP contribution in [0, 0.1) is 24.5 Å². The molecule has 1 aromatic carbocycles. The summed E-state index contributed by atoms with van der Waals surface area (Å²) in [6.45, 7) is 1.97. The molecule has 7 heteroatoms. The van der Waals surface area contributed by atoms with Gasteiger partial charge in [-0.25, -0.2) is 13.6 Å². The molecule has 0 aromatic heterocycles. The number of amides is 2. The van der Waals surface area contributed by atoms with Gasteiger partial charge in [-0.05, 0) is 31.4 Å². The second kappa shape index (κ2) is 6.07. The summed E-state index contributed by atoms with van der Waals surface area (Å²) in [5.74, 6) is -3.00. The van der Waals surface area contributed by atoms with E-state index in [0.29, 0.717) is 12.8 Å². The maximum absolute atomic E-state index is 13.8. The number of nitrogens with one attached hydrogen (secondary N) is 1. The molecule has 0 bridgehead atoms. The lowest BCUT2D eigenvalue weighted by molar-refractivity contribution is -0.143. The number of hydrogen-bond donors (Lipinski definition) is 2. The van der Waals surface area contributed by atoms with Gasteiger partial charge in [0.05, 0.1) is 5.92 Å². The highest BCUT2D eigenvalue weighted by Crippen LogP contribution is 2.23. The van der Waals surface area contributed by atoms with Gasteiger partial charge in [0, 0.05) is 13.1 Å². The molecule has 2 N–H and O–H groups in total. The van der Waals surface area contributed by atoms with Crippen molar-refractivity contribution in [3.63, 3.8) is 0 Å². The van der Waals surface area contributed by atoms with Gasteiger partial charge in [0.25, 0.3) is 0 Å². The van der Waals surface area contributed by atoms with Crippen LogP contribution in [0.1, 0.15) is 18.4 Å². The molecule has 114 valence electrons. The topological polar surface area (TPSA) is 69.6 Å². The number of hydrogen-bond acceptors (Lipinski definition) is 2. The van der Waals surface area contributed by atoms with Gasteiger partial charge in [0.15, 0.2) is 5.82 Å². The summed E-state index contributed by atoms with van der Waals surface area (Å²) in [7, 11) is 0. The van der Waals surface area contributed by atoms with Crippen molar-refractivity contribution in [1.82, 2.24) is 4.90 Å². The number of rotatable bonds is 2. The second-order valence-corrected chi connectivity index (χ2v) is 5.08. The maximum atomic E-state index is 13.8. The molecule has 0 radical (unpaired) electrons. The molecule has 0 saturated carbocycles. The summed E-state index contributed by atoms with van der Waals surface area (Å²) >= 11 is 0. The van der Waals surface area contributed by atoms with E-state index in [2.05, 4.69) is 5.32 Å². The average molecular weight is 298 g/mol. The second-order valence-electron chi connectivity index (χ2n) is 5.08. The number of aryl methyl sites for hydroxylation is 1. The van der Waals surface area contributed by atoms with E-state index in [9.17, 15) is 18.4 Å². The zero-order valence-corrected chi connectivity index (χ0v) is 11.5. The first kappa shape index (κ1) is 15.2. The molecule has 1 saturated heterocycles. The van der Waals surface area contributed by atoms with Crippen molar-refractivity contribution in [1.29, 1.82) is 0 Å². The van der Waals surface area contributed by atoms with Gasteiger partial charge < -0.3 is 15.3 Å². The Morgan fingerprint density at radius 3 is 2.48 bits per heavy atom. The number of likely N-dealkylation sites (tertiary alicyclic amines) is 1. The SMILES string of the molecule is Cc1ccc(F)c(NC(=O)N2CCC(C(=O)O)CC2)c1F. The van der Waals surface area contributed by atoms with Gasteiger partial charge in [0.2, 0.25) is 0 Å². The largest absolute Gasteiger partial charge is 0.481 e. The number of nitrogens with zero attached hydrogens (tertiary/aromatic N) is 1. The summed E-state index contributed by atoms with van der Waals surface area (Å²) in [6, 6.07) is 1.76. The Hall–Kier alpha value is -2.18. The number of piperidine rings is 1. The standard InChI is InChI=1S/C14H16F2N2O3/c1-8-2-3-10(15)12(11(8)16)17-14(21)18-6-4-9(5-7-18)13(19)20/h2-3,9H,4-7H2,1H3,(H,17,21)(H,19,20). The maximum Gasteiger partial charge on any atom is 0.322 e. The van der Waals surface area contributed by atoms with Crippen LogP contribution in [0.25, 0.3) is 0 Å². The zero-order valence-electron chi connectivity index (χ0n) is 11.5. The van der Waals surface area contributed by atoms with Crippen LogP contribution in [0.15, 0.2) is 12.1 Å². The van der Waals surface area contributed by atoms with Gasteiger partial charge >= 0.3 is 12.0 Å². The number of carbonyl (C=O) groups is 2. The number of carboxylic acids is 1. The van der Waals surface area contributed by atoms with E-state index in [4.69, 9.17) is 5.11 Å². The number of urea groups is 1. The van der Waals surface area contributed by atoms with Crippen molar-refractivity contribution in [2.45, 2.75) is 19.8 Å². The molecule has 1 aromatic rings. The highest BCUT2D eigenvalue weighted by atomic mass is 19.1. The van der Waals surface area contributed by atoms with E-state index in [1.165, 1.54) is 17.9 Å². The summed E-state index contributed by atoms with van der Waals surface area (Å²) < 4.78 is 27.4. The van der Waals surface area contributed by atoms with E-state index in [-0.39, 0.29) is 18.7 Å². The van der Waals surface area contributed by atoms with Crippen LogP contribution >= 0.6 is 0 Å². The van der Waals surface area contributed by atoms with E-state index in [1.54, 1.807) is 0 Å². The summed E-state index contributed by atoms with van der Waals surface area (Å²) in [6.07, 6.45) is 0.670. The smallest absolute Gasteiger partial charge is 0.322 e. The lowest BCUT2D eigenvalue weighted by atomic mass is 9.97. The predicted octanol–water partition coefficient (Wildman–Crippen LogP) is 2.60. The van der Waals surface area contributed by atoms with Crippen molar-refractivity contribution in [3.8, 4) is 0 Å². The third kappa shape index (κ3) is 3.29. The Morgan fingerprint density at radius 2 is 1.90 bits per heavy atom. The molecule has 0 spiro atoms. The van der Waals surface area contributed by atoms with E-state index < -0.39 is 35.2 Å². The van der Waals surface area contributed by atoms with Crippen LogP contribution in [-0.2, 0) is 4.79 Å². The Bertz CT molecular complexity index is 570. The molecule has 2 rings (SSSR count). The average Bonchev–Trinajstić information content (AvgIpc) is 2.47. The number of benzene rings is 1. The fraction of sp³-hybridized carbons (Fsp3) is 0.429. The molecule has 1 fully saturated rings. The normalized spacial score (nSPS) is 15.9. The van der Waals surface area contributed by atoms with Crippen molar-refractivity contribution >= 4 is 17.7 Å². The number of halogens is 2. The number of anilines is 1. The van der Waals surface area contributed by atoms with E-state index >= 15 is 0 Å². The molecule has 0 atom stereocenters. The monoisotopic (exact) mass is 298 g/mol. The zero-order chi connectivity index (χ0) is 15.6. The molecule has 5 nitrogen and oxygen atoms in total. The summed E-state index contributed by atoms with van der Waals surface area (Å²) in [5.41, 5.74) is -0.239. The fourth-order valence-electron chi connectivity index (χ4n) is 2.29. The number of carbonyl (C=O) groups excluding carboxylic acids is 1. The van der Waals surface area contributed by atoms with Crippen molar-refractivity contribution in [3.05, 3.63) is 29.3 Å². The molecule has 0 aliphatic carbocycles. The fourth-order valence-corrected chi connectivity index (χ4v) is 2.29. The van der Waals surface area contributed by atoms with Crippen LogP contribution < -0.4 is 5.32 Å². The first-order chi connectivity index (χ1) is 9.90. The molecule has 2 amide bonds. The first-order valence-corrected chi connectivity index (χ1v) is 6.63. The van der Waals surface area contributed by atoms with Crippen molar-refractivity contribution in [2.24, 2.45) is 5.92 Å². The first-order valence-electron chi connectivity index (χ1n) is 6.63. The van der Waals surface area contributed by atoms with Gasteiger partial charge in [-0.2, -0.15) is 0 Å². The Balaban J connectivity index is 2.03. The highest BCUT2D eigenvalue weighted by Gasteiger charge is 2.27. The Kier molecular flexibility index (Phi) is 4.40. The van der Waals surface area contributed by atoms with Crippen LogP contribution in [0.2, 0.25) is 0 Å². The molecule has 1 aliphatic heterocycles. The molecule has 0 unspecified atom stereocenters. The minimum atomic E-state index is -0.883. The molecule has 21 heavy (non-hydrogen) atoms. The van der Waals surface area contributed by atoms with Crippen molar-refractivity contribution < 1.29 is 23.5 Å². The lowest BCUT2D eigenvalue weighted by Crippen LogP contribution is -2.42. The van der Waals surface area contributed by atoms with Crippen LogP contribution in [-0.4, -0.2) is 35.1 Å². The molecular formula is C14H16F2N2O3. The van der Waals surface area contributed by atoms with Crippen LogP contribution in [0.4, 0.5) is 19.3 Å². The lowest BCUT2D eigenvalue weighted by Gasteiger charge is -2.30. The molecule has 1 heterocycles. The number of aliphatic carboxylic acids is 1. The van der Waals surface area contributed by atoms with E-state index in [1.807, 2.05) is 0 Å². The quantitative estimate of drug-likeness (QED) is 0.881. The minimum absolute atomic E-state index is 0.233. The third-order valence-corrected chi connectivity index (χ3v) is 3.65. The van der Waals surface area contributed by atoms with Gasteiger partial charge in [-0.3, -0.25) is 4.79 Å². The van der Waals surface area contributed by atoms with E-state index in [0.717, 1.165) is 6.07 Å². The minimum Gasteiger partial charge on any atom is -0.481 e. The molecule has 1 aliphatic rings.